The van der Waals surface area contributed by atoms with Gasteiger partial charge in [0.1, 0.15) is 5.78 Å². The molecule has 20 atom stereocenters. The summed E-state index contributed by atoms with van der Waals surface area (Å²) in [6.45, 7) is 0. The Balaban J connectivity index is 1.47. The van der Waals surface area contributed by atoms with Gasteiger partial charge in [-0.1, -0.05) is 0 Å². The molecule has 12 aliphatic carbocycles. The minimum atomic E-state index is 0.620. The molecule has 0 aromatic rings. The number of carbonyl (C=O) groups excluding carboxylic acids is 1. The number of ketones is 1. The van der Waals surface area contributed by atoms with Crippen LogP contribution < -0.4 is 0 Å². The number of hydrogen-bond acceptors (Lipinski definition) is 1. The summed E-state index contributed by atoms with van der Waals surface area (Å²) in [6, 6.07) is 0. The van der Waals surface area contributed by atoms with Crippen molar-refractivity contribution in [3.63, 3.8) is 0 Å². The molecule has 0 aliphatic heterocycles. The number of carbonyl (C=O) groups is 1. The predicted octanol–water partition coefficient (Wildman–Crippen LogP) is 2.03. The monoisotopic (exact) mass is 288 g/mol. The van der Waals surface area contributed by atoms with Crippen LogP contribution >= 0.6 is 0 Å². The third kappa shape index (κ3) is 0.448. The molecule has 110 valence electrons. The first-order valence-corrected chi connectivity index (χ1v) is 10.4. The van der Waals surface area contributed by atoms with E-state index in [4.69, 9.17) is 0 Å². The molecule has 22 heavy (non-hydrogen) atoms. The van der Waals surface area contributed by atoms with Crippen molar-refractivity contribution in [2.45, 2.75) is 0 Å². The Labute approximate surface area is 129 Å². The minimum absolute atomic E-state index is 0.620. The third-order valence-corrected chi connectivity index (χ3v) is 13.4. The van der Waals surface area contributed by atoms with Crippen molar-refractivity contribution in [3.8, 4) is 0 Å². The largest absolute Gasteiger partial charge is 0.299 e. The molecule has 1 nitrogen and oxygen atoms in total. The molecule has 0 saturated heterocycles. The van der Waals surface area contributed by atoms with Gasteiger partial charge in [-0.05, 0) is 107 Å². The fourth-order valence-corrected chi connectivity index (χ4v) is 15.2. The van der Waals surface area contributed by atoms with E-state index in [0.717, 1.165) is 100 Å². The lowest BCUT2D eigenvalue weighted by Gasteiger charge is -2.49. The van der Waals surface area contributed by atoms with Crippen LogP contribution in [0, 0.1) is 118 Å². The minimum Gasteiger partial charge on any atom is -0.299 e. The van der Waals surface area contributed by atoms with Gasteiger partial charge in [-0.15, -0.1) is 0 Å². The van der Waals surface area contributed by atoms with Crippen LogP contribution in [0.2, 0.25) is 0 Å². The van der Waals surface area contributed by atoms with E-state index in [1.807, 2.05) is 0 Å². The SMILES string of the molecule is O=C1C2[C@@H]3C4C5[C@@H]6C7C8[C@@H]5[C@@H]5[C@@H]4C1[C@H]1C4C([C@H]7[C@H]([C@H]24)[C@H]63)[C@@H]8[C@@H]15. The van der Waals surface area contributed by atoms with Crippen molar-refractivity contribution in [1.29, 1.82) is 0 Å². The molecular weight excluding hydrogens is 268 g/mol. The van der Waals surface area contributed by atoms with Gasteiger partial charge in [-0.25, -0.2) is 0 Å². The number of rotatable bonds is 0. The third-order valence-electron chi connectivity index (χ3n) is 13.4. The zero-order chi connectivity index (χ0) is 13.1. The lowest BCUT2D eigenvalue weighted by Crippen LogP contribution is -2.53. The van der Waals surface area contributed by atoms with Crippen LogP contribution in [0.15, 0.2) is 0 Å². The van der Waals surface area contributed by atoms with Crippen LogP contribution in [0.3, 0.4) is 0 Å². The maximum absolute atomic E-state index is 13.5. The van der Waals surface area contributed by atoms with E-state index in [1.54, 1.807) is 0 Å². The van der Waals surface area contributed by atoms with Crippen molar-refractivity contribution >= 4 is 5.78 Å². The van der Waals surface area contributed by atoms with Crippen molar-refractivity contribution in [2.75, 3.05) is 0 Å². The molecular formula is C21H20O. The number of Topliss-reactive ketones (excluding diaryl/α,β-unsaturated/α-hetero) is 1. The molecule has 0 aromatic carbocycles. The molecule has 0 aromatic heterocycles. The molecule has 0 N–H and O–H groups in total. The molecule has 2 bridgehead atoms. The first-order chi connectivity index (χ1) is 10.9. The van der Waals surface area contributed by atoms with Gasteiger partial charge in [0.25, 0.3) is 0 Å². The van der Waals surface area contributed by atoms with Crippen LogP contribution in [0.25, 0.3) is 0 Å². The summed E-state index contributed by atoms with van der Waals surface area (Å²) in [4.78, 5) is 13.5. The van der Waals surface area contributed by atoms with Gasteiger partial charge in [0.15, 0.2) is 0 Å². The summed E-state index contributed by atoms with van der Waals surface area (Å²) in [6.07, 6.45) is 0. The van der Waals surface area contributed by atoms with Crippen molar-refractivity contribution < 1.29 is 4.79 Å². The topological polar surface area (TPSA) is 17.1 Å². The first-order valence-electron chi connectivity index (χ1n) is 10.4. The van der Waals surface area contributed by atoms with E-state index < -0.39 is 0 Å². The number of hydrogen-bond donors (Lipinski definition) is 0. The van der Waals surface area contributed by atoms with Gasteiger partial charge in [0, 0.05) is 11.8 Å². The quantitative estimate of drug-likeness (QED) is 0.666. The second-order valence-corrected chi connectivity index (χ2v) is 11.8. The summed E-state index contributed by atoms with van der Waals surface area (Å²) < 4.78 is 0. The molecule has 12 aliphatic rings. The van der Waals surface area contributed by atoms with E-state index in [2.05, 4.69) is 0 Å². The summed E-state index contributed by atoms with van der Waals surface area (Å²) in [5, 5.41) is 0. The lowest BCUT2D eigenvalue weighted by molar-refractivity contribution is -0.147. The van der Waals surface area contributed by atoms with E-state index in [0.29, 0.717) is 11.8 Å². The summed E-state index contributed by atoms with van der Waals surface area (Å²) in [7, 11) is 0. The molecule has 0 amide bonds. The highest BCUT2D eigenvalue weighted by Crippen LogP contribution is 2.99. The summed E-state index contributed by atoms with van der Waals surface area (Å²) in [5.41, 5.74) is 0. The Bertz CT molecular complexity index is 684. The molecule has 0 heterocycles. The zero-order valence-electron chi connectivity index (χ0n) is 12.5. The van der Waals surface area contributed by atoms with Crippen LogP contribution in [0.1, 0.15) is 0 Å². The Morgan fingerprint density at radius 2 is 0.500 bits per heavy atom. The van der Waals surface area contributed by atoms with E-state index in [-0.39, 0.29) is 0 Å². The maximum atomic E-state index is 13.5. The van der Waals surface area contributed by atoms with Crippen LogP contribution in [0.5, 0.6) is 0 Å². The Morgan fingerprint density at radius 3 is 0.773 bits per heavy atom. The second kappa shape index (κ2) is 2.04. The van der Waals surface area contributed by atoms with Crippen molar-refractivity contribution in [1.82, 2.24) is 0 Å². The van der Waals surface area contributed by atoms with Gasteiger partial charge in [-0.2, -0.15) is 0 Å². The van der Waals surface area contributed by atoms with Gasteiger partial charge in [0.05, 0.1) is 0 Å². The molecule has 1 heteroatoms. The van der Waals surface area contributed by atoms with Crippen molar-refractivity contribution in [2.24, 2.45) is 118 Å². The highest BCUT2D eigenvalue weighted by atomic mass is 16.1. The summed E-state index contributed by atoms with van der Waals surface area (Å²) >= 11 is 0. The van der Waals surface area contributed by atoms with Gasteiger partial charge in [0.2, 0.25) is 0 Å². The Hall–Kier alpha value is -0.330. The van der Waals surface area contributed by atoms with Gasteiger partial charge < -0.3 is 0 Å². The zero-order valence-corrected chi connectivity index (χ0v) is 12.5. The van der Waals surface area contributed by atoms with Crippen LogP contribution in [0.4, 0.5) is 0 Å². The normalized spacial score (nSPS) is 99.9. The standard InChI is InChI=1S/C21H20O/c22-21-19-15-9-3-1-2-5-7(3)13(15)17-11(5)12-6(2)8-4(1)10(9)16(19)14(8)18(12)20(17)21/h1-20H/t1?,2?,3-,4-,5-,6+,7?,8?,9-,10-,11-,12+,13?,14?,15-,16-,17-,18+,19?,20?/m0/s1. The summed E-state index contributed by atoms with van der Waals surface area (Å²) in [5.74, 6) is 21.8. The van der Waals surface area contributed by atoms with Crippen LogP contribution in [-0.2, 0) is 4.79 Å². The molecule has 12 saturated carbocycles. The molecule has 8 unspecified atom stereocenters. The Kier molecular flexibility index (Phi) is 0.854. The molecule has 12 rings (SSSR count). The average Bonchev–Trinajstić information content (AvgIpc) is 3.20. The van der Waals surface area contributed by atoms with Gasteiger partial charge in [-0.3, -0.25) is 4.79 Å². The fraction of sp³-hybridized carbons (Fsp3) is 0.952. The van der Waals surface area contributed by atoms with Crippen LogP contribution in [-0.4, -0.2) is 5.78 Å². The second-order valence-electron chi connectivity index (χ2n) is 11.8. The van der Waals surface area contributed by atoms with Crippen molar-refractivity contribution in [3.05, 3.63) is 0 Å². The van der Waals surface area contributed by atoms with E-state index in [1.165, 1.54) is 11.8 Å². The highest BCUT2D eigenvalue weighted by Gasteiger charge is 2.97. The Morgan fingerprint density at radius 1 is 0.318 bits per heavy atom. The highest BCUT2D eigenvalue weighted by molar-refractivity contribution is 5.89. The fourth-order valence-electron chi connectivity index (χ4n) is 15.2. The predicted molar refractivity (Wildman–Crippen MR) is 74.8 cm³/mol. The van der Waals surface area contributed by atoms with E-state index in [9.17, 15) is 4.79 Å². The average molecular weight is 288 g/mol. The molecule has 0 spiro atoms. The molecule has 0 radical (unpaired) electrons. The lowest BCUT2D eigenvalue weighted by atomic mass is 9.53. The smallest absolute Gasteiger partial charge is 0.140 e. The maximum Gasteiger partial charge on any atom is 0.140 e. The molecule has 12 fully saturated rings. The van der Waals surface area contributed by atoms with Gasteiger partial charge >= 0.3 is 0 Å². The van der Waals surface area contributed by atoms with E-state index >= 15 is 0 Å². The first kappa shape index (κ1) is 9.23.